The van der Waals surface area contributed by atoms with E-state index in [0.717, 1.165) is 0 Å². The number of hydrogen-bond donors (Lipinski definition) is 1. The molecule has 0 radical (unpaired) electrons. The van der Waals surface area contributed by atoms with Crippen LogP contribution in [0.25, 0.3) is 6.08 Å². The van der Waals surface area contributed by atoms with Crippen molar-refractivity contribution < 1.29 is 9.90 Å². The standard InChI is InChI=1S/C9H10.C4H6O2.C3H3N/c1-3-9-7-5-4-6-8(9)2;1-3(2)4(5)6;1-2-3-4/h3-7H,1H2,2H3;1H2,2H3,(H,5,6);2H,1H2. The summed E-state index contributed by atoms with van der Waals surface area (Å²) in [4.78, 5) is 9.60. The molecule has 1 aromatic rings. The van der Waals surface area contributed by atoms with E-state index in [1.54, 1.807) is 6.07 Å². The molecule has 0 fully saturated rings. The number of benzene rings is 1. The van der Waals surface area contributed by atoms with E-state index in [9.17, 15) is 4.79 Å². The molecule has 1 aromatic carbocycles. The minimum Gasteiger partial charge on any atom is -0.478 e. The van der Waals surface area contributed by atoms with Gasteiger partial charge in [-0.15, -0.1) is 0 Å². The van der Waals surface area contributed by atoms with Crippen LogP contribution in [0.3, 0.4) is 0 Å². The molecule has 1 rings (SSSR count). The average Bonchev–Trinajstić information content (AvgIpc) is 2.40. The van der Waals surface area contributed by atoms with Gasteiger partial charge in [0.05, 0.1) is 6.07 Å². The minimum absolute atomic E-state index is 0.176. The van der Waals surface area contributed by atoms with Crippen LogP contribution in [0.1, 0.15) is 18.1 Å². The quantitative estimate of drug-likeness (QED) is 0.644. The van der Waals surface area contributed by atoms with Gasteiger partial charge in [0, 0.05) is 11.6 Å². The minimum atomic E-state index is -0.935. The molecule has 0 atom stereocenters. The number of carboxylic acid groups (broad SMARTS) is 1. The summed E-state index contributed by atoms with van der Waals surface area (Å²) in [6.07, 6.45) is 3.05. The highest BCUT2D eigenvalue weighted by Gasteiger charge is 1.90. The first-order chi connectivity index (χ1) is 8.90. The van der Waals surface area contributed by atoms with Crippen LogP contribution < -0.4 is 0 Å². The lowest BCUT2D eigenvalue weighted by molar-refractivity contribution is -0.132. The van der Waals surface area contributed by atoms with Gasteiger partial charge in [0.25, 0.3) is 0 Å². The van der Waals surface area contributed by atoms with Crippen LogP contribution in [0.2, 0.25) is 0 Å². The van der Waals surface area contributed by atoms with E-state index in [1.807, 2.05) is 18.2 Å². The van der Waals surface area contributed by atoms with Crippen molar-refractivity contribution in [2.45, 2.75) is 13.8 Å². The predicted molar refractivity (Wildman–Crippen MR) is 79.5 cm³/mol. The second-order valence-corrected chi connectivity index (χ2v) is 3.48. The van der Waals surface area contributed by atoms with E-state index < -0.39 is 5.97 Å². The first-order valence-electron chi connectivity index (χ1n) is 5.48. The first-order valence-corrected chi connectivity index (χ1v) is 5.48. The molecule has 0 aromatic heterocycles. The molecule has 0 heterocycles. The van der Waals surface area contributed by atoms with Crippen LogP contribution in [0, 0.1) is 18.3 Å². The maximum Gasteiger partial charge on any atom is 0.330 e. The molecule has 0 saturated carbocycles. The van der Waals surface area contributed by atoms with Gasteiger partial charge in [0.1, 0.15) is 0 Å². The largest absolute Gasteiger partial charge is 0.478 e. The van der Waals surface area contributed by atoms with Crippen molar-refractivity contribution in [2.24, 2.45) is 0 Å². The molecule has 0 saturated heterocycles. The first kappa shape index (κ1) is 18.8. The Balaban J connectivity index is 0. The highest BCUT2D eigenvalue weighted by Crippen LogP contribution is 2.06. The maximum absolute atomic E-state index is 9.60. The molecule has 19 heavy (non-hydrogen) atoms. The number of nitrogens with zero attached hydrogens (tertiary/aromatic N) is 1. The van der Waals surface area contributed by atoms with Crippen LogP contribution in [0.5, 0.6) is 0 Å². The van der Waals surface area contributed by atoms with Gasteiger partial charge in [-0.05, 0) is 25.0 Å². The van der Waals surface area contributed by atoms with Gasteiger partial charge in [0.2, 0.25) is 0 Å². The summed E-state index contributed by atoms with van der Waals surface area (Å²) in [7, 11) is 0. The van der Waals surface area contributed by atoms with E-state index in [1.165, 1.54) is 24.1 Å². The number of rotatable bonds is 2. The monoisotopic (exact) mass is 257 g/mol. The molecule has 0 aliphatic heterocycles. The zero-order valence-corrected chi connectivity index (χ0v) is 11.4. The number of aliphatic carboxylic acids is 1. The predicted octanol–water partition coefficient (Wildman–Crippen LogP) is 3.98. The van der Waals surface area contributed by atoms with Crippen molar-refractivity contribution in [1.29, 1.82) is 5.26 Å². The van der Waals surface area contributed by atoms with E-state index in [-0.39, 0.29) is 5.57 Å². The highest BCUT2D eigenvalue weighted by molar-refractivity contribution is 5.84. The van der Waals surface area contributed by atoms with E-state index in [0.29, 0.717) is 0 Å². The zero-order chi connectivity index (χ0) is 15.3. The van der Waals surface area contributed by atoms with Gasteiger partial charge in [-0.2, -0.15) is 5.26 Å². The summed E-state index contributed by atoms with van der Waals surface area (Å²) in [5, 5.41) is 15.4. The summed E-state index contributed by atoms with van der Waals surface area (Å²) < 4.78 is 0. The topological polar surface area (TPSA) is 61.1 Å². The summed E-state index contributed by atoms with van der Waals surface area (Å²) >= 11 is 0. The van der Waals surface area contributed by atoms with Gasteiger partial charge in [-0.1, -0.05) is 50.1 Å². The van der Waals surface area contributed by atoms with Crippen LogP contribution in [-0.4, -0.2) is 11.1 Å². The Morgan fingerprint density at radius 3 is 2.00 bits per heavy atom. The maximum atomic E-state index is 9.60. The Kier molecular flexibility index (Phi) is 11.7. The molecule has 3 heteroatoms. The number of nitriles is 1. The fourth-order valence-electron chi connectivity index (χ4n) is 0.816. The Morgan fingerprint density at radius 2 is 1.79 bits per heavy atom. The average molecular weight is 257 g/mol. The van der Waals surface area contributed by atoms with Gasteiger partial charge in [-0.25, -0.2) is 4.79 Å². The van der Waals surface area contributed by atoms with Gasteiger partial charge < -0.3 is 5.11 Å². The van der Waals surface area contributed by atoms with Crippen molar-refractivity contribution in [1.82, 2.24) is 0 Å². The summed E-state index contributed by atoms with van der Waals surface area (Å²) in [6, 6.07) is 9.88. The normalized spacial score (nSPS) is 7.42. The molecular weight excluding hydrogens is 238 g/mol. The van der Waals surface area contributed by atoms with Crippen LogP contribution >= 0.6 is 0 Å². The molecule has 0 bridgehead atoms. The van der Waals surface area contributed by atoms with Gasteiger partial charge >= 0.3 is 5.97 Å². The van der Waals surface area contributed by atoms with Crippen molar-refractivity contribution in [3.63, 3.8) is 0 Å². The van der Waals surface area contributed by atoms with Crippen LogP contribution in [-0.2, 0) is 4.79 Å². The van der Waals surface area contributed by atoms with Crippen LogP contribution in [0.15, 0.2) is 55.7 Å². The fourth-order valence-corrected chi connectivity index (χ4v) is 0.816. The van der Waals surface area contributed by atoms with Crippen molar-refractivity contribution >= 4 is 12.0 Å². The Labute approximate surface area is 114 Å². The SMILES string of the molecule is C=C(C)C(=O)O.C=CC#N.C=Cc1ccccc1C. The molecule has 1 N–H and O–H groups in total. The third kappa shape index (κ3) is 11.7. The molecule has 0 amide bonds. The molecule has 0 unspecified atom stereocenters. The third-order valence-electron chi connectivity index (χ3n) is 1.86. The van der Waals surface area contributed by atoms with Crippen LogP contribution in [0.4, 0.5) is 0 Å². The lowest BCUT2D eigenvalue weighted by Gasteiger charge is -1.95. The van der Waals surface area contributed by atoms with E-state index in [2.05, 4.69) is 38.8 Å². The lowest BCUT2D eigenvalue weighted by atomic mass is 10.1. The Bertz CT molecular complexity index is 470. The van der Waals surface area contributed by atoms with Gasteiger partial charge in [-0.3, -0.25) is 0 Å². The van der Waals surface area contributed by atoms with E-state index in [4.69, 9.17) is 10.4 Å². The number of hydrogen-bond acceptors (Lipinski definition) is 2. The van der Waals surface area contributed by atoms with Crippen molar-refractivity contribution in [2.75, 3.05) is 0 Å². The summed E-state index contributed by atoms with van der Waals surface area (Å²) in [6.45, 7) is 13.5. The smallest absolute Gasteiger partial charge is 0.330 e. The second-order valence-electron chi connectivity index (χ2n) is 3.48. The molecule has 0 spiro atoms. The fraction of sp³-hybridized carbons (Fsp3) is 0.125. The number of allylic oxidation sites excluding steroid dienone is 1. The number of carboxylic acids is 1. The molecule has 0 aliphatic rings. The lowest BCUT2D eigenvalue weighted by Crippen LogP contribution is -1.92. The Morgan fingerprint density at radius 1 is 1.37 bits per heavy atom. The highest BCUT2D eigenvalue weighted by atomic mass is 16.4. The Hall–Kier alpha value is -2.60. The van der Waals surface area contributed by atoms with Crippen molar-refractivity contribution in [3.05, 3.63) is 66.8 Å². The number of aryl methyl sites for hydroxylation is 1. The summed E-state index contributed by atoms with van der Waals surface area (Å²) in [5.41, 5.74) is 2.68. The summed E-state index contributed by atoms with van der Waals surface area (Å²) in [5.74, 6) is -0.935. The molecule has 3 nitrogen and oxygen atoms in total. The second kappa shape index (κ2) is 11.9. The zero-order valence-electron chi connectivity index (χ0n) is 11.4. The third-order valence-corrected chi connectivity index (χ3v) is 1.86. The van der Waals surface area contributed by atoms with E-state index >= 15 is 0 Å². The number of carbonyl (C=O) groups is 1. The molecular formula is C16H19NO2. The molecule has 0 aliphatic carbocycles. The van der Waals surface area contributed by atoms with Crippen molar-refractivity contribution in [3.8, 4) is 6.07 Å². The van der Waals surface area contributed by atoms with Gasteiger partial charge in [0.15, 0.2) is 0 Å². The molecule has 100 valence electrons.